The zero-order chi connectivity index (χ0) is 26.2. The van der Waals surface area contributed by atoms with Gasteiger partial charge >= 0.3 is 0 Å². The molecule has 8 nitrogen and oxygen atoms in total. The molecule has 4 rings (SSSR count). The Morgan fingerprint density at radius 3 is 2.62 bits per heavy atom. The highest BCUT2D eigenvalue weighted by Crippen LogP contribution is 2.39. The average molecular weight is 515 g/mol. The fourth-order valence-corrected chi connectivity index (χ4v) is 5.85. The van der Waals surface area contributed by atoms with Crippen LogP contribution in [0.4, 0.5) is 0 Å². The van der Waals surface area contributed by atoms with Gasteiger partial charge in [-0.1, -0.05) is 19.4 Å². The van der Waals surface area contributed by atoms with Gasteiger partial charge in [0.15, 0.2) is 11.5 Å². The number of rotatable bonds is 14. The SMILES string of the molecule is CCCCN(CCCCN(C)C)C(=O)CN1C[C@H](c2ccc3c(c2)OCO3)C[C@@H]1CCN1CCCC1=O. The summed E-state index contributed by atoms with van der Waals surface area (Å²) in [5, 5.41) is 0. The standard InChI is InChI=1S/C29H46N4O4/c1-4-5-14-31(15-7-6-13-30(2)3)29(35)21-33-20-24(23-10-11-26-27(19-23)37-22-36-26)18-25(33)12-17-32-16-8-9-28(32)34/h10-11,19,24-25H,4-9,12-18,20-22H2,1-3H3/t24-,25+/m1/s1. The molecule has 37 heavy (non-hydrogen) atoms. The summed E-state index contributed by atoms with van der Waals surface area (Å²) in [6, 6.07) is 6.54. The molecule has 2 amide bonds. The van der Waals surface area contributed by atoms with E-state index < -0.39 is 0 Å². The van der Waals surface area contributed by atoms with E-state index in [1.54, 1.807) is 0 Å². The van der Waals surface area contributed by atoms with E-state index in [-0.39, 0.29) is 24.6 Å². The molecule has 0 aliphatic carbocycles. The number of carbonyl (C=O) groups is 2. The first kappa shape index (κ1) is 27.7. The van der Waals surface area contributed by atoms with Crippen molar-refractivity contribution in [1.29, 1.82) is 0 Å². The van der Waals surface area contributed by atoms with Crippen molar-refractivity contribution >= 4 is 11.8 Å². The second-order valence-corrected chi connectivity index (χ2v) is 11.1. The lowest BCUT2D eigenvalue weighted by Crippen LogP contribution is -2.44. The Kier molecular flexibility index (Phi) is 10.1. The van der Waals surface area contributed by atoms with Crippen LogP contribution in [0.15, 0.2) is 18.2 Å². The quantitative estimate of drug-likeness (QED) is 0.354. The highest BCUT2D eigenvalue weighted by Gasteiger charge is 2.36. The van der Waals surface area contributed by atoms with E-state index in [1.165, 1.54) is 5.56 Å². The highest BCUT2D eigenvalue weighted by molar-refractivity contribution is 5.78. The van der Waals surface area contributed by atoms with Gasteiger partial charge in [-0.2, -0.15) is 0 Å². The first-order chi connectivity index (χ1) is 17.9. The molecule has 0 N–H and O–H groups in total. The second-order valence-electron chi connectivity index (χ2n) is 11.1. The zero-order valence-electron chi connectivity index (χ0n) is 23.1. The minimum Gasteiger partial charge on any atom is -0.454 e. The van der Waals surface area contributed by atoms with E-state index in [0.29, 0.717) is 18.9 Å². The summed E-state index contributed by atoms with van der Waals surface area (Å²) in [4.78, 5) is 34.5. The van der Waals surface area contributed by atoms with Gasteiger partial charge in [-0.3, -0.25) is 14.5 Å². The number of likely N-dealkylation sites (tertiary alicyclic amines) is 2. The molecule has 3 aliphatic rings. The third kappa shape index (κ3) is 7.60. The maximum absolute atomic E-state index is 13.6. The summed E-state index contributed by atoms with van der Waals surface area (Å²) >= 11 is 0. The lowest BCUT2D eigenvalue weighted by Gasteiger charge is -2.29. The van der Waals surface area contributed by atoms with Crippen molar-refractivity contribution < 1.29 is 19.1 Å². The van der Waals surface area contributed by atoms with E-state index in [4.69, 9.17) is 9.47 Å². The van der Waals surface area contributed by atoms with Crippen LogP contribution >= 0.6 is 0 Å². The molecule has 2 fully saturated rings. The molecule has 0 saturated carbocycles. The molecular weight excluding hydrogens is 468 g/mol. The van der Waals surface area contributed by atoms with E-state index in [9.17, 15) is 9.59 Å². The second kappa shape index (κ2) is 13.5. The van der Waals surface area contributed by atoms with Gasteiger partial charge in [0.2, 0.25) is 18.6 Å². The molecule has 3 heterocycles. The number of fused-ring (bicyclic) bond motifs is 1. The smallest absolute Gasteiger partial charge is 0.236 e. The summed E-state index contributed by atoms with van der Waals surface area (Å²) in [5.41, 5.74) is 1.24. The number of hydrogen-bond donors (Lipinski definition) is 0. The Morgan fingerprint density at radius 2 is 1.86 bits per heavy atom. The number of amides is 2. The molecule has 0 bridgehead atoms. The minimum absolute atomic E-state index is 0.242. The topological polar surface area (TPSA) is 65.6 Å². The third-order valence-corrected chi connectivity index (χ3v) is 8.06. The lowest BCUT2D eigenvalue weighted by atomic mass is 9.95. The Morgan fingerprint density at radius 1 is 1.08 bits per heavy atom. The number of unbranched alkanes of at least 4 members (excludes halogenated alkanes) is 2. The van der Waals surface area contributed by atoms with Crippen LogP contribution in [0.25, 0.3) is 0 Å². The third-order valence-electron chi connectivity index (χ3n) is 8.06. The highest BCUT2D eigenvalue weighted by atomic mass is 16.7. The summed E-state index contributed by atoms with van der Waals surface area (Å²) < 4.78 is 11.1. The van der Waals surface area contributed by atoms with Gasteiger partial charge in [0.05, 0.1) is 6.54 Å². The molecule has 0 unspecified atom stereocenters. The number of carbonyl (C=O) groups excluding carboxylic acids is 2. The molecule has 3 aliphatic heterocycles. The van der Waals surface area contributed by atoms with Crippen LogP contribution in [-0.4, -0.2) is 104 Å². The summed E-state index contributed by atoms with van der Waals surface area (Å²) in [7, 11) is 4.19. The molecule has 8 heteroatoms. The van der Waals surface area contributed by atoms with Crippen molar-refractivity contribution in [2.45, 2.75) is 70.3 Å². The number of benzene rings is 1. The fraction of sp³-hybridized carbons (Fsp3) is 0.724. The lowest BCUT2D eigenvalue weighted by molar-refractivity contribution is -0.133. The zero-order valence-corrected chi connectivity index (χ0v) is 23.1. The average Bonchev–Trinajstić information content (AvgIpc) is 3.61. The van der Waals surface area contributed by atoms with Crippen LogP contribution in [0.5, 0.6) is 11.5 Å². The Balaban J connectivity index is 1.41. The fourth-order valence-electron chi connectivity index (χ4n) is 5.85. The largest absolute Gasteiger partial charge is 0.454 e. The monoisotopic (exact) mass is 514 g/mol. The molecule has 0 radical (unpaired) electrons. The van der Waals surface area contributed by atoms with Gasteiger partial charge in [0.25, 0.3) is 0 Å². The minimum atomic E-state index is 0.242. The Hall–Kier alpha value is -2.32. The molecular formula is C29H46N4O4. The van der Waals surface area contributed by atoms with Crippen molar-refractivity contribution in [2.24, 2.45) is 0 Å². The van der Waals surface area contributed by atoms with Crippen LogP contribution in [0.3, 0.4) is 0 Å². The summed E-state index contributed by atoms with van der Waals surface area (Å²) in [5.74, 6) is 2.47. The Bertz CT molecular complexity index is 908. The van der Waals surface area contributed by atoms with Gasteiger partial charge in [0, 0.05) is 45.2 Å². The van der Waals surface area contributed by atoms with Crippen LogP contribution in [-0.2, 0) is 9.59 Å². The van der Waals surface area contributed by atoms with Crippen LogP contribution in [0, 0.1) is 0 Å². The predicted octanol–water partition coefficient (Wildman–Crippen LogP) is 3.56. The predicted molar refractivity (Wildman–Crippen MR) is 145 cm³/mol. The number of ether oxygens (including phenoxy) is 2. The van der Waals surface area contributed by atoms with Crippen LogP contribution in [0.1, 0.15) is 69.8 Å². The molecule has 2 saturated heterocycles. The molecule has 0 spiro atoms. The van der Waals surface area contributed by atoms with Crippen molar-refractivity contribution in [3.8, 4) is 11.5 Å². The summed E-state index contributed by atoms with van der Waals surface area (Å²) in [6.45, 7) is 8.14. The summed E-state index contributed by atoms with van der Waals surface area (Å²) in [6.07, 6.45) is 7.81. The van der Waals surface area contributed by atoms with Crippen LogP contribution < -0.4 is 9.47 Å². The van der Waals surface area contributed by atoms with Crippen molar-refractivity contribution in [3.63, 3.8) is 0 Å². The van der Waals surface area contributed by atoms with E-state index in [2.05, 4.69) is 47.9 Å². The van der Waals surface area contributed by atoms with Crippen LogP contribution in [0.2, 0.25) is 0 Å². The van der Waals surface area contributed by atoms with Gasteiger partial charge in [-0.15, -0.1) is 0 Å². The number of hydrogen-bond acceptors (Lipinski definition) is 6. The number of nitrogens with zero attached hydrogens (tertiary/aromatic N) is 4. The van der Waals surface area contributed by atoms with E-state index in [1.807, 2.05) is 11.0 Å². The van der Waals surface area contributed by atoms with Gasteiger partial charge < -0.3 is 24.2 Å². The maximum Gasteiger partial charge on any atom is 0.236 e. The normalized spacial score (nSPS) is 21.4. The van der Waals surface area contributed by atoms with Gasteiger partial charge in [-0.05, 0) is 82.8 Å². The Labute approximate surface area is 222 Å². The van der Waals surface area contributed by atoms with E-state index in [0.717, 1.165) is 95.7 Å². The first-order valence-corrected chi connectivity index (χ1v) is 14.3. The molecule has 0 aromatic heterocycles. The first-order valence-electron chi connectivity index (χ1n) is 14.3. The molecule has 206 valence electrons. The maximum atomic E-state index is 13.6. The van der Waals surface area contributed by atoms with Crippen molar-refractivity contribution in [3.05, 3.63) is 23.8 Å². The van der Waals surface area contributed by atoms with Crippen molar-refractivity contribution in [2.75, 3.05) is 66.7 Å². The van der Waals surface area contributed by atoms with Crippen molar-refractivity contribution in [1.82, 2.24) is 19.6 Å². The molecule has 2 atom stereocenters. The van der Waals surface area contributed by atoms with E-state index >= 15 is 0 Å². The molecule has 1 aromatic carbocycles. The molecule has 1 aromatic rings. The van der Waals surface area contributed by atoms with Gasteiger partial charge in [-0.25, -0.2) is 0 Å². The van der Waals surface area contributed by atoms with Gasteiger partial charge in [0.1, 0.15) is 0 Å².